The number of hydrogen-bond donors (Lipinski definition) is 1. The van der Waals surface area contributed by atoms with Gasteiger partial charge >= 0.3 is 0 Å². The van der Waals surface area contributed by atoms with Gasteiger partial charge in [0.25, 0.3) is 0 Å². The Balaban J connectivity index is 1.91. The molecule has 16 heavy (non-hydrogen) atoms. The molecule has 0 aromatic carbocycles. The number of pyridine rings is 1. The van der Waals surface area contributed by atoms with Crippen molar-refractivity contribution in [3.05, 3.63) is 22.3 Å². The first kappa shape index (κ1) is 11.9. The lowest BCUT2D eigenvalue weighted by atomic mass is 10.1. The molecule has 2 rings (SSSR count). The molecule has 1 aliphatic heterocycles. The highest BCUT2D eigenvalue weighted by Crippen LogP contribution is 2.23. The van der Waals surface area contributed by atoms with Crippen LogP contribution in [0.1, 0.15) is 24.8 Å². The van der Waals surface area contributed by atoms with Crippen LogP contribution in [0, 0.1) is 6.92 Å². The van der Waals surface area contributed by atoms with Crippen molar-refractivity contribution in [3.8, 4) is 0 Å². The van der Waals surface area contributed by atoms with E-state index in [4.69, 9.17) is 4.74 Å². The van der Waals surface area contributed by atoms with Gasteiger partial charge in [-0.25, -0.2) is 4.98 Å². The van der Waals surface area contributed by atoms with Gasteiger partial charge in [0.2, 0.25) is 0 Å². The largest absolute Gasteiger partial charge is 0.376 e. The first-order valence-electron chi connectivity index (χ1n) is 5.74. The molecule has 0 aliphatic carbocycles. The maximum atomic E-state index is 5.66. The first-order valence-corrected chi connectivity index (χ1v) is 6.53. The van der Waals surface area contributed by atoms with Crippen molar-refractivity contribution in [2.24, 2.45) is 0 Å². The minimum absolute atomic E-state index is 0.336. The molecule has 0 saturated carbocycles. The highest BCUT2D eigenvalue weighted by atomic mass is 79.9. The smallest absolute Gasteiger partial charge is 0.140 e. The summed E-state index contributed by atoms with van der Waals surface area (Å²) in [6.07, 6.45) is 5.78. The molecule has 2 heterocycles. The lowest BCUT2D eigenvalue weighted by Gasteiger charge is -2.23. The average Bonchev–Trinajstić information content (AvgIpc) is 2.32. The maximum Gasteiger partial charge on any atom is 0.140 e. The van der Waals surface area contributed by atoms with Crippen LogP contribution in [-0.4, -0.2) is 24.2 Å². The molecule has 0 amide bonds. The Morgan fingerprint density at radius 2 is 2.44 bits per heavy atom. The number of nitrogens with zero attached hydrogens (tertiary/aromatic N) is 1. The molecular weight excluding hydrogens is 268 g/mol. The quantitative estimate of drug-likeness (QED) is 0.926. The zero-order valence-corrected chi connectivity index (χ0v) is 11.1. The maximum absolute atomic E-state index is 5.66. The summed E-state index contributed by atoms with van der Waals surface area (Å²) in [4.78, 5) is 4.31. The zero-order valence-electron chi connectivity index (χ0n) is 9.50. The second-order valence-electron chi connectivity index (χ2n) is 4.16. The van der Waals surface area contributed by atoms with Crippen molar-refractivity contribution < 1.29 is 4.74 Å². The van der Waals surface area contributed by atoms with Crippen LogP contribution in [0.15, 0.2) is 16.7 Å². The fraction of sp³-hybridized carbons (Fsp3) is 0.583. The number of halogens is 1. The van der Waals surface area contributed by atoms with Gasteiger partial charge in [-0.1, -0.05) is 0 Å². The summed E-state index contributed by atoms with van der Waals surface area (Å²) in [5.41, 5.74) is 1.20. The Bertz CT molecular complexity index is 351. The number of ether oxygens (including phenoxy) is 1. The van der Waals surface area contributed by atoms with Gasteiger partial charge in [0, 0.05) is 19.3 Å². The van der Waals surface area contributed by atoms with Crippen LogP contribution in [0.4, 0.5) is 5.82 Å². The van der Waals surface area contributed by atoms with Crippen LogP contribution in [0.25, 0.3) is 0 Å². The van der Waals surface area contributed by atoms with Gasteiger partial charge in [-0.15, -0.1) is 0 Å². The number of aromatic nitrogens is 1. The molecule has 1 atom stereocenters. The zero-order chi connectivity index (χ0) is 11.4. The van der Waals surface area contributed by atoms with Crippen LogP contribution >= 0.6 is 15.9 Å². The van der Waals surface area contributed by atoms with Crippen molar-refractivity contribution in [1.29, 1.82) is 0 Å². The molecule has 1 aromatic heterocycles. The van der Waals surface area contributed by atoms with Gasteiger partial charge in [-0.05, 0) is 53.7 Å². The van der Waals surface area contributed by atoms with Gasteiger partial charge in [0.1, 0.15) is 5.82 Å². The minimum atomic E-state index is 0.336. The third kappa shape index (κ3) is 2.95. The lowest BCUT2D eigenvalue weighted by molar-refractivity contribution is 0.0247. The van der Waals surface area contributed by atoms with E-state index in [1.54, 1.807) is 0 Å². The van der Waals surface area contributed by atoms with Crippen molar-refractivity contribution in [3.63, 3.8) is 0 Å². The topological polar surface area (TPSA) is 34.2 Å². The Morgan fingerprint density at radius 3 is 3.19 bits per heavy atom. The Kier molecular flexibility index (Phi) is 4.18. The molecule has 1 saturated heterocycles. The third-order valence-electron chi connectivity index (χ3n) is 2.85. The minimum Gasteiger partial charge on any atom is -0.376 e. The van der Waals surface area contributed by atoms with E-state index in [0.29, 0.717) is 6.10 Å². The SMILES string of the molecule is Cc1ccnc(NCC2CCCCO2)c1Br. The van der Waals surface area contributed by atoms with Gasteiger partial charge < -0.3 is 10.1 Å². The molecule has 1 fully saturated rings. The van der Waals surface area contributed by atoms with E-state index < -0.39 is 0 Å². The predicted octanol–water partition coefficient (Wildman–Crippen LogP) is 3.13. The number of aryl methyl sites for hydroxylation is 1. The van der Waals surface area contributed by atoms with Crippen molar-refractivity contribution in [1.82, 2.24) is 4.98 Å². The second kappa shape index (κ2) is 5.64. The third-order valence-corrected chi connectivity index (χ3v) is 3.85. The molecule has 1 N–H and O–H groups in total. The summed E-state index contributed by atoms with van der Waals surface area (Å²) in [7, 11) is 0. The molecule has 88 valence electrons. The normalized spacial score (nSPS) is 20.8. The Hall–Kier alpha value is -0.610. The Morgan fingerprint density at radius 1 is 1.56 bits per heavy atom. The van der Waals surface area contributed by atoms with E-state index in [2.05, 4.69) is 33.2 Å². The number of nitrogens with one attached hydrogen (secondary N) is 1. The summed E-state index contributed by atoms with van der Waals surface area (Å²) in [6, 6.07) is 1.99. The fourth-order valence-corrected chi connectivity index (χ4v) is 2.22. The summed E-state index contributed by atoms with van der Waals surface area (Å²) < 4.78 is 6.71. The fourth-order valence-electron chi connectivity index (χ4n) is 1.84. The summed E-state index contributed by atoms with van der Waals surface area (Å²) in [6.45, 7) is 3.80. The standard InChI is InChI=1S/C12H17BrN2O/c1-9-5-6-14-12(11(9)13)15-8-10-4-2-3-7-16-10/h5-6,10H,2-4,7-8H2,1H3,(H,14,15). The highest BCUT2D eigenvalue weighted by molar-refractivity contribution is 9.10. The highest BCUT2D eigenvalue weighted by Gasteiger charge is 2.14. The predicted molar refractivity (Wildman–Crippen MR) is 68.8 cm³/mol. The van der Waals surface area contributed by atoms with E-state index >= 15 is 0 Å². The number of rotatable bonds is 3. The molecule has 0 radical (unpaired) electrons. The van der Waals surface area contributed by atoms with E-state index in [1.807, 2.05) is 12.3 Å². The lowest BCUT2D eigenvalue weighted by Crippen LogP contribution is -2.27. The molecule has 0 bridgehead atoms. The monoisotopic (exact) mass is 284 g/mol. The van der Waals surface area contributed by atoms with E-state index in [9.17, 15) is 0 Å². The summed E-state index contributed by atoms with van der Waals surface area (Å²) in [5, 5.41) is 3.34. The summed E-state index contributed by atoms with van der Waals surface area (Å²) in [5.74, 6) is 0.911. The van der Waals surface area contributed by atoms with Crippen LogP contribution in [0.5, 0.6) is 0 Å². The van der Waals surface area contributed by atoms with Crippen molar-refractivity contribution in [2.75, 3.05) is 18.5 Å². The van der Waals surface area contributed by atoms with Crippen molar-refractivity contribution in [2.45, 2.75) is 32.3 Å². The van der Waals surface area contributed by atoms with E-state index in [1.165, 1.54) is 18.4 Å². The molecule has 4 heteroatoms. The van der Waals surface area contributed by atoms with Crippen LogP contribution in [-0.2, 0) is 4.74 Å². The van der Waals surface area contributed by atoms with Crippen LogP contribution < -0.4 is 5.32 Å². The molecule has 3 nitrogen and oxygen atoms in total. The van der Waals surface area contributed by atoms with Gasteiger partial charge in [0.15, 0.2) is 0 Å². The van der Waals surface area contributed by atoms with E-state index in [0.717, 1.165) is 29.9 Å². The van der Waals surface area contributed by atoms with Gasteiger partial charge in [-0.2, -0.15) is 0 Å². The van der Waals surface area contributed by atoms with Crippen LogP contribution in [0.3, 0.4) is 0 Å². The molecule has 0 spiro atoms. The average molecular weight is 285 g/mol. The molecule has 1 aliphatic rings. The summed E-state index contributed by atoms with van der Waals surface area (Å²) >= 11 is 3.54. The van der Waals surface area contributed by atoms with Gasteiger partial charge in [0.05, 0.1) is 10.6 Å². The second-order valence-corrected chi connectivity index (χ2v) is 4.95. The molecule has 1 unspecified atom stereocenters. The number of hydrogen-bond acceptors (Lipinski definition) is 3. The molecular formula is C12H17BrN2O. The number of anilines is 1. The Labute approximate surface area is 105 Å². The van der Waals surface area contributed by atoms with Crippen molar-refractivity contribution >= 4 is 21.7 Å². The first-order chi connectivity index (χ1) is 7.77. The molecule has 1 aromatic rings. The van der Waals surface area contributed by atoms with Gasteiger partial charge in [-0.3, -0.25) is 0 Å². The van der Waals surface area contributed by atoms with E-state index in [-0.39, 0.29) is 0 Å². The van der Waals surface area contributed by atoms with Crippen LogP contribution in [0.2, 0.25) is 0 Å².